The van der Waals surface area contributed by atoms with Gasteiger partial charge in [0.05, 0.1) is 24.4 Å². The molecule has 1 saturated heterocycles. The van der Waals surface area contributed by atoms with Crippen LogP contribution < -0.4 is 0 Å². The molecule has 2 aliphatic rings. The summed E-state index contributed by atoms with van der Waals surface area (Å²) in [6.07, 6.45) is 33.4. The summed E-state index contributed by atoms with van der Waals surface area (Å²) in [6, 6.07) is 0. The van der Waals surface area contributed by atoms with Crippen LogP contribution in [0.5, 0.6) is 0 Å². The molecule has 5 atom stereocenters. The van der Waals surface area contributed by atoms with Gasteiger partial charge in [-0.2, -0.15) is 0 Å². The molecule has 5 nitrogen and oxygen atoms in total. The molecule has 0 aromatic heterocycles. The van der Waals surface area contributed by atoms with Crippen molar-refractivity contribution in [2.75, 3.05) is 0 Å². The number of esters is 1. The van der Waals surface area contributed by atoms with Gasteiger partial charge < -0.3 is 19.7 Å². The lowest BCUT2D eigenvalue weighted by Crippen LogP contribution is -2.31. The lowest BCUT2D eigenvalue weighted by Gasteiger charge is -2.22. The van der Waals surface area contributed by atoms with Gasteiger partial charge in [-0.15, -0.1) is 0 Å². The van der Waals surface area contributed by atoms with E-state index in [2.05, 4.69) is 6.92 Å². The maximum atomic E-state index is 11.6. The molecular formula is C37H68O5. The first-order chi connectivity index (χ1) is 20.5. The van der Waals surface area contributed by atoms with Crippen LogP contribution in [0.3, 0.4) is 0 Å². The minimum Gasteiger partial charge on any atom is -0.455 e. The number of aliphatic hydroxyl groups excluding tert-OH is 2. The molecule has 0 saturated carbocycles. The Labute approximate surface area is 259 Å². The molecule has 0 aliphatic carbocycles. The Bertz CT molecular complexity index is 692. The van der Waals surface area contributed by atoms with E-state index in [-0.39, 0.29) is 30.4 Å². The molecule has 1 fully saturated rings. The van der Waals surface area contributed by atoms with Crippen molar-refractivity contribution in [1.29, 1.82) is 0 Å². The third-order valence-corrected chi connectivity index (χ3v) is 9.48. The first kappa shape index (κ1) is 37.3. The Kier molecular flexibility index (Phi) is 21.7. The first-order valence-electron chi connectivity index (χ1n) is 18.4. The van der Waals surface area contributed by atoms with Crippen LogP contribution in [0.2, 0.25) is 0 Å². The number of carbonyl (C=O) groups is 1. The summed E-state index contributed by atoms with van der Waals surface area (Å²) in [5.74, 6) is -0.125. The van der Waals surface area contributed by atoms with Crippen molar-refractivity contribution in [3.8, 4) is 0 Å². The summed E-state index contributed by atoms with van der Waals surface area (Å²) in [4.78, 5) is 11.6. The zero-order valence-corrected chi connectivity index (χ0v) is 27.7. The van der Waals surface area contributed by atoms with Crippen LogP contribution in [-0.2, 0) is 14.3 Å². The lowest BCUT2D eigenvalue weighted by atomic mass is 10.00. The van der Waals surface area contributed by atoms with Crippen LogP contribution >= 0.6 is 0 Å². The van der Waals surface area contributed by atoms with Gasteiger partial charge in [0.15, 0.2) is 0 Å². The van der Waals surface area contributed by atoms with Crippen molar-refractivity contribution in [1.82, 2.24) is 0 Å². The van der Waals surface area contributed by atoms with Gasteiger partial charge in [-0.05, 0) is 51.5 Å². The van der Waals surface area contributed by atoms with Gasteiger partial charge in [0.25, 0.3) is 0 Å². The predicted molar refractivity (Wildman–Crippen MR) is 175 cm³/mol. The van der Waals surface area contributed by atoms with E-state index in [1.54, 1.807) is 0 Å². The van der Waals surface area contributed by atoms with E-state index < -0.39 is 6.10 Å². The van der Waals surface area contributed by atoms with Crippen molar-refractivity contribution in [2.24, 2.45) is 0 Å². The molecule has 2 N–H and O–H groups in total. The highest BCUT2D eigenvalue weighted by Gasteiger charge is 2.34. The molecule has 246 valence electrons. The standard InChI is InChI=1S/C37H68O5/c1-3-4-5-6-7-8-9-10-11-12-13-17-20-23-26-33(38)35-28-29-36(42-35)34(39)27-24-21-18-15-14-16-19-22-25-32-30-31(2)41-37(32)40/h30-31,33-36,38-39H,3-29H2,1-2H3/t31-,33+,34+,35-,36+/m1/s1. The molecule has 0 amide bonds. The lowest BCUT2D eigenvalue weighted by molar-refractivity contribution is -0.139. The minimum absolute atomic E-state index is 0.0528. The van der Waals surface area contributed by atoms with Gasteiger partial charge in [-0.3, -0.25) is 0 Å². The Hall–Kier alpha value is -0.910. The van der Waals surface area contributed by atoms with Crippen molar-refractivity contribution >= 4 is 5.97 Å². The van der Waals surface area contributed by atoms with Crippen molar-refractivity contribution in [2.45, 2.75) is 218 Å². The SMILES string of the molecule is CCCCCCCCCCCCCCCC[C@H](O)[C@H]1CC[C@@H]([C@@H](O)CCCCCCCCCCC2=C[C@@H](C)OC2=O)O1. The summed E-state index contributed by atoms with van der Waals surface area (Å²) in [6.45, 7) is 4.19. The maximum Gasteiger partial charge on any atom is 0.334 e. The number of hydrogen-bond donors (Lipinski definition) is 2. The molecule has 0 radical (unpaired) electrons. The van der Waals surface area contributed by atoms with Crippen LogP contribution in [-0.4, -0.2) is 46.7 Å². The molecule has 0 aromatic rings. The third-order valence-electron chi connectivity index (χ3n) is 9.48. The molecular weight excluding hydrogens is 524 g/mol. The van der Waals surface area contributed by atoms with Crippen molar-refractivity contribution < 1.29 is 24.5 Å². The Morgan fingerprint density at radius 2 is 1.02 bits per heavy atom. The Morgan fingerprint density at radius 3 is 1.40 bits per heavy atom. The number of aliphatic hydroxyl groups is 2. The van der Waals surface area contributed by atoms with Crippen molar-refractivity contribution in [3.05, 3.63) is 11.6 Å². The fourth-order valence-corrected chi connectivity index (χ4v) is 6.72. The normalized spacial score (nSPS) is 22.0. The van der Waals surface area contributed by atoms with Gasteiger partial charge in [-0.1, -0.05) is 142 Å². The molecule has 0 unspecified atom stereocenters. The van der Waals surface area contributed by atoms with E-state index in [4.69, 9.17) is 9.47 Å². The summed E-state index contributed by atoms with van der Waals surface area (Å²) in [7, 11) is 0. The molecule has 2 heterocycles. The van der Waals surface area contributed by atoms with E-state index in [1.807, 2.05) is 13.0 Å². The van der Waals surface area contributed by atoms with Gasteiger partial charge in [-0.25, -0.2) is 4.79 Å². The second-order valence-electron chi connectivity index (χ2n) is 13.5. The molecule has 5 heteroatoms. The van der Waals surface area contributed by atoms with Crippen LogP contribution in [0, 0.1) is 0 Å². The fourth-order valence-electron chi connectivity index (χ4n) is 6.72. The summed E-state index contributed by atoms with van der Waals surface area (Å²) in [5, 5.41) is 21.3. The van der Waals surface area contributed by atoms with E-state index in [1.165, 1.54) is 116 Å². The van der Waals surface area contributed by atoms with Crippen molar-refractivity contribution in [3.63, 3.8) is 0 Å². The average Bonchev–Trinajstić information content (AvgIpc) is 3.60. The molecule has 0 aromatic carbocycles. The highest BCUT2D eigenvalue weighted by Crippen LogP contribution is 2.28. The van der Waals surface area contributed by atoms with E-state index in [9.17, 15) is 15.0 Å². The average molecular weight is 593 g/mol. The fraction of sp³-hybridized carbons (Fsp3) is 0.919. The molecule has 2 rings (SSSR count). The van der Waals surface area contributed by atoms with E-state index in [0.717, 1.165) is 63.4 Å². The van der Waals surface area contributed by atoms with Crippen LogP contribution in [0.4, 0.5) is 0 Å². The number of unbranched alkanes of at least 4 members (excludes halogenated alkanes) is 20. The van der Waals surface area contributed by atoms with Gasteiger partial charge in [0, 0.05) is 5.57 Å². The first-order valence-corrected chi connectivity index (χ1v) is 18.4. The summed E-state index contributed by atoms with van der Waals surface area (Å²) in [5.41, 5.74) is 0.859. The smallest absolute Gasteiger partial charge is 0.334 e. The number of carbonyl (C=O) groups excluding carboxylic acids is 1. The van der Waals surface area contributed by atoms with Gasteiger partial charge >= 0.3 is 5.97 Å². The topological polar surface area (TPSA) is 76.0 Å². The van der Waals surface area contributed by atoms with E-state index >= 15 is 0 Å². The highest BCUT2D eigenvalue weighted by molar-refractivity contribution is 5.90. The zero-order valence-electron chi connectivity index (χ0n) is 27.7. The Balaban J connectivity index is 1.34. The maximum absolute atomic E-state index is 11.6. The third kappa shape index (κ3) is 17.4. The summed E-state index contributed by atoms with van der Waals surface area (Å²) < 4.78 is 11.3. The largest absolute Gasteiger partial charge is 0.455 e. The van der Waals surface area contributed by atoms with Crippen LogP contribution in [0.1, 0.15) is 187 Å². The van der Waals surface area contributed by atoms with Crippen LogP contribution in [0.25, 0.3) is 0 Å². The number of cyclic esters (lactones) is 1. The highest BCUT2D eigenvalue weighted by atomic mass is 16.5. The van der Waals surface area contributed by atoms with Gasteiger partial charge in [0.1, 0.15) is 6.10 Å². The van der Waals surface area contributed by atoms with E-state index in [0.29, 0.717) is 0 Å². The molecule has 2 aliphatic heterocycles. The Morgan fingerprint density at radius 1 is 0.643 bits per heavy atom. The molecule has 42 heavy (non-hydrogen) atoms. The molecule has 0 spiro atoms. The monoisotopic (exact) mass is 593 g/mol. The number of rotatable bonds is 28. The minimum atomic E-state index is -0.400. The van der Waals surface area contributed by atoms with Crippen LogP contribution in [0.15, 0.2) is 11.6 Å². The summed E-state index contributed by atoms with van der Waals surface area (Å²) >= 11 is 0. The zero-order chi connectivity index (χ0) is 30.3. The predicted octanol–water partition coefficient (Wildman–Crippen LogP) is 9.90. The van der Waals surface area contributed by atoms with Gasteiger partial charge in [0.2, 0.25) is 0 Å². The molecule has 0 bridgehead atoms. The second-order valence-corrected chi connectivity index (χ2v) is 13.5. The quantitative estimate of drug-likeness (QED) is 0.0698. The number of ether oxygens (including phenoxy) is 2. The number of hydrogen-bond acceptors (Lipinski definition) is 5. The second kappa shape index (κ2) is 24.4.